The second-order valence-corrected chi connectivity index (χ2v) is 7.12. The summed E-state index contributed by atoms with van der Waals surface area (Å²) in [4.78, 5) is 20.6. The fourth-order valence-corrected chi connectivity index (χ4v) is 3.40. The van der Waals surface area contributed by atoms with E-state index >= 15 is 0 Å². The molecule has 2 fully saturated rings. The van der Waals surface area contributed by atoms with Crippen LogP contribution in [-0.4, -0.2) is 54.6 Å². The summed E-state index contributed by atoms with van der Waals surface area (Å²) in [5.41, 5.74) is 1.18. The molecule has 0 aromatic carbocycles. The van der Waals surface area contributed by atoms with Crippen LogP contribution in [0.25, 0.3) is 0 Å². The number of nitrogens with zero attached hydrogens (tertiary/aromatic N) is 3. The Bertz CT molecular complexity index is 559. The number of aromatic nitrogens is 1. The van der Waals surface area contributed by atoms with Crippen molar-refractivity contribution < 1.29 is 9.53 Å². The van der Waals surface area contributed by atoms with Gasteiger partial charge in [-0.1, -0.05) is 0 Å². The smallest absolute Gasteiger partial charge is 0.410 e. The molecule has 2 bridgehead atoms. The van der Waals surface area contributed by atoms with E-state index in [0.29, 0.717) is 30.8 Å². The van der Waals surface area contributed by atoms with Crippen LogP contribution in [0.15, 0.2) is 18.3 Å². The molecule has 2 unspecified atom stereocenters. The zero-order valence-electron chi connectivity index (χ0n) is 13.5. The van der Waals surface area contributed by atoms with Gasteiger partial charge < -0.3 is 14.5 Å². The van der Waals surface area contributed by atoms with Crippen molar-refractivity contribution in [3.05, 3.63) is 18.3 Å². The third-order valence-corrected chi connectivity index (χ3v) is 4.20. The summed E-state index contributed by atoms with van der Waals surface area (Å²) in [7, 11) is 5.80. The number of anilines is 1. The van der Waals surface area contributed by atoms with Crippen LogP contribution in [0.2, 0.25) is 0 Å². The molecule has 0 N–H and O–H groups in total. The summed E-state index contributed by atoms with van der Waals surface area (Å²) in [5, 5.41) is 0. The normalized spacial score (nSPS) is 24.5. The van der Waals surface area contributed by atoms with Crippen molar-refractivity contribution in [2.24, 2.45) is 0 Å². The van der Waals surface area contributed by atoms with Crippen LogP contribution in [0.1, 0.15) is 33.6 Å². The van der Waals surface area contributed by atoms with Gasteiger partial charge in [-0.15, -0.1) is 0 Å². The van der Waals surface area contributed by atoms with Crippen molar-refractivity contribution in [3.8, 4) is 0 Å². The van der Waals surface area contributed by atoms with E-state index in [1.54, 1.807) is 6.20 Å². The van der Waals surface area contributed by atoms with E-state index in [2.05, 4.69) is 9.88 Å². The number of pyridine rings is 1. The van der Waals surface area contributed by atoms with E-state index in [-0.39, 0.29) is 6.09 Å². The Morgan fingerprint density at radius 2 is 1.95 bits per heavy atom. The van der Waals surface area contributed by atoms with Crippen LogP contribution in [0, 0.1) is 0 Å². The van der Waals surface area contributed by atoms with Crippen molar-refractivity contribution in [2.75, 3.05) is 18.0 Å². The molecule has 1 amide bonds. The second kappa shape index (κ2) is 5.49. The highest BCUT2D eigenvalue weighted by molar-refractivity contribution is 6.30. The highest BCUT2D eigenvalue weighted by atomic mass is 16.6. The summed E-state index contributed by atoms with van der Waals surface area (Å²) >= 11 is 0. The first-order valence-corrected chi connectivity index (χ1v) is 7.81. The fourth-order valence-electron chi connectivity index (χ4n) is 3.40. The second-order valence-electron chi connectivity index (χ2n) is 7.12. The van der Waals surface area contributed by atoms with Gasteiger partial charge in [-0.3, -0.25) is 4.98 Å². The SMILES string of the molecule is [B]c1cc(N2C3CCC2CN(C(=O)OC(C)(C)C)C3)ccn1. The number of carbonyl (C=O) groups is 1. The lowest BCUT2D eigenvalue weighted by Crippen LogP contribution is -2.56. The largest absolute Gasteiger partial charge is 0.444 e. The van der Waals surface area contributed by atoms with E-state index < -0.39 is 5.60 Å². The summed E-state index contributed by atoms with van der Waals surface area (Å²) in [5.74, 6) is 0. The van der Waals surface area contributed by atoms with Gasteiger partial charge in [-0.25, -0.2) is 4.79 Å². The fraction of sp³-hybridized carbons (Fsp3) is 0.625. The molecule has 2 saturated heterocycles. The molecule has 3 heterocycles. The number of ether oxygens (including phenoxy) is 1. The topological polar surface area (TPSA) is 45.7 Å². The average Bonchev–Trinajstić information content (AvgIpc) is 2.67. The molecule has 0 spiro atoms. The van der Waals surface area contributed by atoms with Crippen molar-refractivity contribution >= 4 is 25.2 Å². The number of rotatable bonds is 1. The van der Waals surface area contributed by atoms with E-state index in [1.807, 2.05) is 37.8 Å². The monoisotopic (exact) mass is 299 g/mol. The highest BCUT2D eigenvalue weighted by Gasteiger charge is 2.42. The Labute approximate surface area is 133 Å². The summed E-state index contributed by atoms with van der Waals surface area (Å²) in [6.07, 6.45) is 3.71. The molecule has 2 radical (unpaired) electrons. The molecule has 2 atom stereocenters. The molecular weight excluding hydrogens is 277 g/mol. The van der Waals surface area contributed by atoms with Crippen LogP contribution in [0.4, 0.5) is 10.5 Å². The van der Waals surface area contributed by atoms with Gasteiger partial charge in [0, 0.05) is 37.1 Å². The van der Waals surface area contributed by atoms with Crippen LogP contribution >= 0.6 is 0 Å². The lowest BCUT2D eigenvalue weighted by molar-refractivity contribution is 0.0209. The van der Waals surface area contributed by atoms with E-state index in [1.165, 1.54) is 0 Å². The number of carbonyl (C=O) groups excluding carboxylic acids is 1. The molecular formula is C16H22BN3O2. The molecule has 116 valence electrons. The molecule has 1 aromatic rings. The number of fused-ring (bicyclic) bond motifs is 2. The van der Waals surface area contributed by atoms with Crippen molar-refractivity contribution in [3.63, 3.8) is 0 Å². The van der Waals surface area contributed by atoms with E-state index in [0.717, 1.165) is 18.5 Å². The summed E-state index contributed by atoms with van der Waals surface area (Å²) < 4.78 is 5.50. The summed E-state index contributed by atoms with van der Waals surface area (Å²) in [6, 6.07) is 4.56. The maximum absolute atomic E-state index is 12.3. The average molecular weight is 299 g/mol. The lowest BCUT2D eigenvalue weighted by atomic mass is 10.0. The molecule has 22 heavy (non-hydrogen) atoms. The lowest BCUT2D eigenvalue weighted by Gasteiger charge is -2.42. The zero-order valence-corrected chi connectivity index (χ0v) is 13.5. The molecule has 5 nitrogen and oxygen atoms in total. The van der Waals surface area contributed by atoms with Gasteiger partial charge in [0.05, 0.1) is 0 Å². The number of hydrogen-bond donors (Lipinski definition) is 0. The Hall–Kier alpha value is -1.72. The molecule has 6 heteroatoms. The third-order valence-electron chi connectivity index (χ3n) is 4.20. The quantitative estimate of drug-likeness (QED) is 0.737. The molecule has 3 rings (SSSR count). The molecule has 0 aliphatic carbocycles. The predicted octanol–water partition coefficient (Wildman–Crippen LogP) is 1.46. The van der Waals surface area contributed by atoms with Crippen LogP contribution in [0.5, 0.6) is 0 Å². The number of hydrogen-bond acceptors (Lipinski definition) is 4. The third kappa shape index (κ3) is 3.06. The number of amides is 1. The standard InChI is InChI=1S/C16H22BN3O2/c1-16(2,3)22-15(21)19-9-12-4-5-13(10-19)20(12)11-6-7-18-14(17)8-11/h6-8,12-13H,4-5,9-10H2,1-3H3. The Balaban J connectivity index is 1.73. The van der Waals surface area contributed by atoms with Crippen molar-refractivity contribution in [2.45, 2.75) is 51.3 Å². The van der Waals surface area contributed by atoms with Gasteiger partial charge in [0.1, 0.15) is 13.4 Å². The minimum Gasteiger partial charge on any atom is -0.444 e. The van der Waals surface area contributed by atoms with Crippen LogP contribution in [0.3, 0.4) is 0 Å². The van der Waals surface area contributed by atoms with Gasteiger partial charge in [-0.2, -0.15) is 0 Å². The van der Waals surface area contributed by atoms with Gasteiger partial charge in [-0.05, 0) is 51.3 Å². The molecule has 2 aliphatic heterocycles. The molecule has 0 saturated carbocycles. The molecule has 2 aliphatic rings. The van der Waals surface area contributed by atoms with Gasteiger partial charge in [0.15, 0.2) is 0 Å². The highest BCUT2D eigenvalue weighted by Crippen LogP contribution is 2.34. The Morgan fingerprint density at radius 3 is 2.50 bits per heavy atom. The van der Waals surface area contributed by atoms with Crippen LogP contribution < -0.4 is 10.5 Å². The number of likely N-dealkylation sites (tertiary alicyclic amines) is 1. The number of piperazine rings is 1. The first kappa shape index (κ1) is 15.2. The maximum atomic E-state index is 12.3. The minimum absolute atomic E-state index is 0.210. The van der Waals surface area contributed by atoms with E-state index in [4.69, 9.17) is 12.6 Å². The van der Waals surface area contributed by atoms with E-state index in [9.17, 15) is 4.79 Å². The first-order chi connectivity index (χ1) is 10.3. The summed E-state index contributed by atoms with van der Waals surface area (Å²) in [6.45, 7) is 7.10. The first-order valence-electron chi connectivity index (χ1n) is 7.81. The van der Waals surface area contributed by atoms with Crippen LogP contribution in [-0.2, 0) is 4.74 Å². The molecule has 1 aromatic heterocycles. The van der Waals surface area contributed by atoms with Gasteiger partial charge >= 0.3 is 6.09 Å². The predicted molar refractivity (Wildman–Crippen MR) is 86.7 cm³/mol. The minimum atomic E-state index is -0.452. The maximum Gasteiger partial charge on any atom is 0.410 e. The Morgan fingerprint density at radius 1 is 1.32 bits per heavy atom. The van der Waals surface area contributed by atoms with Crippen molar-refractivity contribution in [1.29, 1.82) is 0 Å². The van der Waals surface area contributed by atoms with Gasteiger partial charge in [0.2, 0.25) is 0 Å². The van der Waals surface area contributed by atoms with Gasteiger partial charge in [0.25, 0.3) is 0 Å². The van der Waals surface area contributed by atoms with Crippen molar-refractivity contribution in [1.82, 2.24) is 9.88 Å². The Kier molecular flexibility index (Phi) is 3.79. The zero-order chi connectivity index (χ0) is 15.9.